The van der Waals surface area contributed by atoms with E-state index >= 15 is 0 Å². The van der Waals surface area contributed by atoms with Gasteiger partial charge in [-0.25, -0.2) is 0 Å². The zero-order chi connectivity index (χ0) is 9.73. The topological polar surface area (TPSA) is 0 Å². The predicted molar refractivity (Wildman–Crippen MR) is 59.9 cm³/mol. The minimum absolute atomic E-state index is 0.623. The van der Waals surface area contributed by atoms with Crippen molar-refractivity contribution in [1.29, 1.82) is 0 Å². The highest BCUT2D eigenvalue weighted by molar-refractivity contribution is 4.73. The smallest absolute Gasteiger partial charge is 0.0354 e. The van der Waals surface area contributed by atoms with Crippen molar-refractivity contribution in [2.24, 2.45) is 11.3 Å². The van der Waals surface area contributed by atoms with Crippen molar-refractivity contribution >= 4 is 0 Å². The van der Waals surface area contributed by atoms with Gasteiger partial charge in [0.2, 0.25) is 0 Å². The van der Waals surface area contributed by atoms with E-state index in [1.54, 1.807) is 0 Å². The van der Waals surface area contributed by atoms with Crippen LogP contribution in [0.4, 0.5) is 0 Å². The van der Waals surface area contributed by atoms with E-state index < -0.39 is 0 Å². The number of rotatable bonds is 1. The van der Waals surface area contributed by atoms with Crippen LogP contribution in [0.15, 0.2) is 0 Å². The molecule has 0 radical (unpaired) electrons. The summed E-state index contributed by atoms with van der Waals surface area (Å²) in [5, 5.41) is 0. The molecule has 0 nitrogen and oxygen atoms in total. The van der Waals surface area contributed by atoms with Gasteiger partial charge in [0.1, 0.15) is 0 Å². The Hall–Kier alpha value is 0. The summed E-state index contributed by atoms with van der Waals surface area (Å²) in [7, 11) is 0. The van der Waals surface area contributed by atoms with Gasteiger partial charge >= 0.3 is 0 Å². The molecule has 0 aromatic heterocycles. The highest BCUT2D eigenvalue weighted by Crippen LogP contribution is 2.34. The van der Waals surface area contributed by atoms with Crippen molar-refractivity contribution in [3.8, 4) is 0 Å². The summed E-state index contributed by atoms with van der Waals surface area (Å²) < 4.78 is 0. The standard InChI is InChI=1S/C13H26/c1-4-12-8-6-5-7-10-13(2,3)11-9-12/h12H,4-11H2,1-3H3. The molecule has 0 aliphatic heterocycles. The molecule has 0 heteroatoms. The minimum atomic E-state index is 0.623. The molecule has 0 spiro atoms. The summed E-state index contributed by atoms with van der Waals surface area (Å²) in [5.74, 6) is 1.03. The first-order valence-electron chi connectivity index (χ1n) is 6.14. The average molecular weight is 182 g/mol. The van der Waals surface area contributed by atoms with Crippen LogP contribution in [0.25, 0.3) is 0 Å². The molecule has 13 heavy (non-hydrogen) atoms. The SMILES string of the molecule is CCC1CCCCCC(C)(C)CC1. The lowest BCUT2D eigenvalue weighted by atomic mass is 9.81. The van der Waals surface area contributed by atoms with Gasteiger partial charge in [0, 0.05) is 0 Å². The molecule has 0 saturated heterocycles. The Labute approximate surface area is 84.1 Å². The molecular weight excluding hydrogens is 156 g/mol. The Bertz CT molecular complexity index is 135. The Morgan fingerprint density at radius 2 is 1.77 bits per heavy atom. The van der Waals surface area contributed by atoms with E-state index in [2.05, 4.69) is 20.8 Å². The largest absolute Gasteiger partial charge is 0.0651 e. The third-order valence-electron chi connectivity index (χ3n) is 3.77. The van der Waals surface area contributed by atoms with Crippen molar-refractivity contribution in [2.75, 3.05) is 0 Å². The fourth-order valence-electron chi connectivity index (χ4n) is 2.49. The van der Waals surface area contributed by atoms with Gasteiger partial charge in [0.15, 0.2) is 0 Å². The van der Waals surface area contributed by atoms with Crippen LogP contribution in [-0.4, -0.2) is 0 Å². The third-order valence-corrected chi connectivity index (χ3v) is 3.77. The molecule has 0 aromatic rings. The Balaban J connectivity index is 2.43. The first kappa shape index (κ1) is 11.1. The lowest BCUT2D eigenvalue weighted by Crippen LogP contribution is -2.12. The quantitative estimate of drug-likeness (QED) is 0.547. The van der Waals surface area contributed by atoms with Crippen molar-refractivity contribution in [3.63, 3.8) is 0 Å². The second-order valence-corrected chi connectivity index (χ2v) is 5.58. The van der Waals surface area contributed by atoms with E-state index in [1.165, 1.54) is 51.4 Å². The van der Waals surface area contributed by atoms with Gasteiger partial charge in [-0.05, 0) is 30.6 Å². The molecule has 1 aliphatic carbocycles. The second-order valence-electron chi connectivity index (χ2n) is 5.58. The minimum Gasteiger partial charge on any atom is -0.0651 e. The molecule has 0 bridgehead atoms. The van der Waals surface area contributed by atoms with E-state index in [-0.39, 0.29) is 0 Å². The highest BCUT2D eigenvalue weighted by Gasteiger charge is 2.20. The zero-order valence-corrected chi connectivity index (χ0v) is 9.73. The summed E-state index contributed by atoms with van der Waals surface area (Å²) in [6, 6.07) is 0. The van der Waals surface area contributed by atoms with Crippen LogP contribution in [0.1, 0.15) is 72.1 Å². The van der Waals surface area contributed by atoms with Crippen LogP contribution in [0.2, 0.25) is 0 Å². The molecule has 0 heterocycles. The van der Waals surface area contributed by atoms with Crippen molar-refractivity contribution in [2.45, 2.75) is 72.1 Å². The maximum absolute atomic E-state index is 2.45. The molecule has 0 amide bonds. The van der Waals surface area contributed by atoms with E-state index in [9.17, 15) is 0 Å². The monoisotopic (exact) mass is 182 g/mol. The summed E-state index contributed by atoms with van der Waals surface area (Å²) in [4.78, 5) is 0. The van der Waals surface area contributed by atoms with Gasteiger partial charge in [-0.3, -0.25) is 0 Å². The summed E-state index contributed by atoms with van der Waals surface area (Å²) in [6.07, 6.45) is 11.7. The van der Waals surface area contributed by atoms with E-state index in [1.807, 2.05) is 0 Å². The van der Waals surface area contributed by atoms with Crippen LogP contribution < -0.4 is 0 Å². The van der Waals surface area contributed by atoms with Gasteiger partial charge in [0.25, 0.3) is 0 Å². The first-order chi connectivity index (χ1) is 6.14. The summed E-state index contributed by atoms with van der Waals surface area (Å²) in [6.45, 7) is 7.26. The lowest BCUT2D eigenvalue weighted by molar-refractivity contribution is 0.272. The van der Waals surface area contributed by atoms with Crippen molar-refractivity contribution in [1.82, 2.24) is 0 Å². The average Bonchev–Trinajstić information content (AvgIpc) is 2.16. The van der Waals surface area contributed by atoms with Gasteiger partial charge in [-0.2, -0.15) is 0 Å². The Morgan fingerprint density at radius 3 is 2.46 bits per heavy atom. The van der Waals surface area contributed by atoms with Gasteiger partial charge in [-0.1, -0.05) is 52.9 Å². The number of hydrogen-bond acceptors (Lipinski definition) is 0. The predicted octanol–water partition coefficient (Wildman–Crippen LogP) is 4.78. The molecule has 1 saturated carbocycles. The fourth-order valence-corrected chi connectivity index (χ4v) is 2.49. The first-order valence-corrected chi connectivity index (χ1v) is 6.14. The normalized spacial score (nSPS) is 30.2. The maximum Gasteiger partial charge on any atom is -0.0354 e. The van der Waals surface area contributed by atoms with E-state index in [0.717, 1.165) is 5.92 Å². The molecule has 0 aromatic carbocycles. The lowest BCUT2D eigenvalue weighted by Gasteiger charge is -2.25. The molecular formula is C13H26. The van der Waals surface area contributed by atoms with Gasteiger partial charge in [0.05, 0.1) is 0 Å². The van der Waals surface area contributed by atoms with Gasteiger partial charge < -0.3 is 0 Å². The molecule has 1 rings (SSSR count). The second kappa shape index (κ2) is 5.02. The van der Waals surface area contributed by atoms with Gasteiger partial charge in [-0.15, -0.1) is 0 Å². The molecule has 1 atom stereocenters. The van der Waals surface area contributed by atoms with Crippen LogP contribution >= 0.6 is 0 Å². The maximum atomic E-state index is 2.45. The molecule has 0 N–H and O–H groups in total. The Kier molecular flexibility index (Phi) is 4.28. The Morgan fingerprint density at radius 1 is 1.00 bits per heavy atom. The van der Waals surface area contributed by atoms with Crippen molar-refractivity contribution < 1.29 is 0 Å². The highest BCUT2D eigenvalue weighted by atomic mass is 14.3. The van der Waals surface area contributed by atoms with Crippen LogP contribution in [0.5, 0.6) is 0 Å². The summed E-state index contributed by atoms with van der Waals surface area (Å²) >= 11 is 0. The molecule has 1 fully saturated rings. The third kappa shape index (κ3) is 4.15. The summed E-state index contributed by atoms with van der Waals surface area (Å²) in [5.41, 5.74) is 0.623. The fraction of sp³-hybridized carbons (Fsp3) is 1.00. The van der Waals surface area contributed by atoms with Crippen molar-refractivity contribution in [3.05, 3.63) is 0 Å². The molecule has 1 unspecified atom stereocenters. The zero-order valence-electron chi connectivity index (χ0n) is 9.73. The van der Waals surface area contributed by atoms with Crippen LogP contribution in [0, 0.1) is 11.3 Å². The number of hydrogen-bond donors (Lipinski definition) is 0. The van der Waals surface area contributed by atoms with E-state index in [0.29, 0.717) is 5.41 Å². The van der Waals surface area contributed by atoms with E-state index in [4.69, 9.17) is 0 Å². The molecule has 1 aliphatic rings. The van der Waals surface area contributed by atoms with Crippen LogP contribution in [0.3, 0.4) is 0 Å². The van der Waals surface area contributed by atoms with Crippen LogP contribution in [-0.2, 0) is 0 Å². The molecule has 78 valence electrons.